The number of ether oxygens (including phenoxy) is 1. The molecule has 0 aliphatic carbocycles. The number of carboxylic acid groups (broad SMARTS) is 1. The fraction of sp³-hybridized carbons (Fsp3) is 0.471. The van der Waals surface area contributed by atoms with Gasteiger partial charge >= 0.3 is 57.4 Å². The van der Waals surface area contributed by atoms with Crippen LogP contribution >= 0.6 is 35.0 Å². The number of β-lactam (4-membered cyclic amide) rings is 1. The third-order valence-corrected chi connectivity index (χ3v) is 7.00. The van der Waals surface area contributed by atoms with Crippen molar-refractivity contribution in [3.8, 4) is 0 Å². The van der Waals surface area contributed by atoms with Crippen LogP contribution in [0, 0.1) is 0 Å². The zero-order valence-electron chi connectivity index (χ0n) is 14.7. The summed E-state index contributed by atoms with van der Waals surface area (Å²) >= 11 is 13.3. The number of halogens is 2. The van der Waals surface area contributed by atoms with Crippen LogP contribution in [0.2, 0.25) is 10.0 Å². The molecule has 4 atom stereocenters. The molecule has 2 aliphatic heterocycles. The molecule has 2 N–H and O–H groups in total. The second-order valence-electron chi connectivity index (χ2n) is 6.87. The third kappa shape index (κ3) is 4.28. The Balaban J connectivity index is 0.00000280. The van der Waals surface area contributed by atoms with E-state index in [9.17, 15) is 19.5 Å². The van der Waals surface area contributed by atoms with Gasteiger partial charge in [0.1, 0.15) is 17.5 Å². The number of amides is 2. The zero-order valence-corrected chi connectivity index (χ0v) is 17.1. The average molecular weight is 473 g/mol. The topological polar surface area (TPSA) is 95.9 Å². The van der Waals surface area contributed by atoms with Gasteiger partial charge in [-0.15, -0.1) is 11.8 Å². The van der Waals surface area contributed by atoms with Crippen molar-refractivity contribution in [2.24, 2.45) is 0 Å². The fourth-order valence-corrected chi connectivity index (χ4v) is 5.38. The fourth-order valence-electron chi connectivity index (χ4n) is 3.44. The van der Waals surface area contributed by atoms with Crippen LogP contribution < -0.4 is 5.32 Å². The number of hydrogen-bond donors (Lipinski definition) is 2. The van der Waals surface area contributed by atoms with Crippen molar-refractivity contribution in [1.29, 1.82) is 0 Å². The monoisotopic (exact) mass is 472 g/mol. The first-order chi connectivity index (χ1) is 12.6. The Kier molecular flexibility index (Phi) is 7.95. The van der Waals surface area contributed by atoms with Gasteiger partial charge in [-0.05, 0) is 31.5 Å². The van der Waals surface area contributed by atoms with Gasteiger partial charge in [0, 0.05) is 11.9 Å². The number of methoxy groups -OCH3 is 1. The molecule has 1 aromatic carbocycles. The number of fused-ring (bicyclic) bond motifs is 1. The van der Waals surface area contributed by atoms with Crippen molar-refractivity contribution in [2.45, 2.75) is 42.2 Å². The van der Waals surface area contributed by atoms with Gasteiger partial charge in [-0.25, -0.2) is 4.79 Å². The maximum absolute atomic E-state index is 12.7. The second-order valence-corrected chi connectivity index (χ2v) is 9.46. The van der Waals surface area contributed by atoms with Crippen LogP contribution in [0.3, 0.4) is 0 Å². The van der Waals surface area contributed by atoms with Crippen LogP contribution in [-0.2, 0) is 19.1 Å². The molecule has 2 aliphatic rings. The van der Waals surface area contributed by atoms with Crippen molar-refractivity contribution in [1.82, 2.24) is 10.2 Å². The first-order valence-electron chi connectivity index (χ1n) is 8.09. The molecule has 3 rings (SSSR count). The molecule has 0 radical (unpaired) electrons. The zero-order chi connectivity index (χ0) is 20.1. The predicted octanol–water partition coefficient (Wildman–Crippen LogP) is 1.66. The standard InChI is InChI=1S/C17H18Cl2N2O5S.K.H/c1-17(2)12(16(24)25)21-14(23)10(15(21)27-17)20-13(22)11(26-3)7-4-5-8(18)9(19)6-7;;/h4-6,10-12,15H,1-3H3,(H,20,22)(H,24,25);;/t10-,11?,12+,15-;;/m1../s1. The van der Waals surface area contributed by atoms with E-state index in [-0.39, 0.29) is 56.4 Å². The molecule has 2 saturated heterocycles. The Morgan fingerprint density at radius 2 is 1.96 bits per heavy atom. The SMILES string of the molecule is COC(C(=O)N[C@@H]1C(=O)N2[C@@H]1SC(C)(C)[C@@H]2C(=O)O)c1ccc(Cl)c(Cl)c1.[KH]. The van der Waals surface area contributed by atoms with E-state index >= 15 is 0 Å². The van der Waals surface area contributed by atoms with Crippen LogP contribution in [0.1, 0.15) is 25.5 Å². The molecule has 11 heteroatoms. The number of nitrogens with zero attached hydrogens (tertiary/aromatic N) is 1. The van der Waals surface area contributed by atoms with Gasteiger partial charge in [-0.1, -0.05) is 29.3 Å². The molecular formula is C17H19Cl2KN2O5S. The summed E-state index contributed by atoms with van der Waals surface area (Å²) in [6.45, 7) is 3.54. The molecule has 1 unspecified atom stereocenters. The van der Waals surface area contributed by atoms with Crippen LogP contribution in [0.5, 0.6) is 0 Å². The molecule has 7 nitrogen and oxygen atoms in total. The quantitative estimate of drug-likeness (QED) is 0.499. The maximum atomic E-state index is 12.7. The Hall–Kier alpha value is 0.156. The van der Waals surface area contributed by atoms with E-state index in [2.05, 4.69) is 5.32 Å². The molecule has 0 aromatic heterocycles. The van der Waals surface area contributed by atoms with Gasteiger partial charge in [0.05, 0.1) is 10.0 Å². The molecule has 1 aromatic rings. The van der Waals surface area contributed by atoms with Crippen molar-refractivity contribution < 1.29 is 24.2 Å². The molecule has 148 valence electrons. The number of hydrogen-bond acceptors (Lipinski definition) is 5. The van der Waals surface area contributed by atoms with Crippen molar-refractivity contribution in [3.63, 3.8) is 0 Å². The molecule has 2 fully saturated rings. The van der Waals surface area contributed by atoms with Crippen LogP contribution in [0.25, 0.3) is 0 Å². The van der Waals surface area contributed by atoms with E-state index in [0.29, 0.717) is 10.6 Å². The van der Waals surface area contributed by atoms with E-state index in [4.69, 9.17) is 27.9 Å². The average Bonchev–Trinajstić information content (AvgIpc) is 2.84. The number of thioether (sulfide) groups is 1. The van der Waals surface area contributed by atoms with Gasteiger partial charge in [0.15, 0.2) is 6.10 Å². The predicted molar refractivity (Wildman–Crippen MR) is 109 cm³/mol. The number of carbonyl (C=O) groups is 3. The first kappa shape index (κ1) is 24.4. The Labute approximate surface area is 219 Å². The van der Waals surface area contributed by atoms with E-state index in [1.165, 1.54) is 29.8 Å². The molecule has 28 heavy (non-hydrogen) atoms. The third-order valence-electron chi connectivity index (χ3n) is 4.69. The molecular weight excluding hydrogens is 454 g/mol. The van der Waals surface area contributed by atoms with Crippen LogP contribution in [0.4, 0.5) is 0 Å². The molecule has 0 saturated carbocycles. The van der Waals surface area contributed by atoms with E-state index in [1.54, 1.807) is 26.0 Å². The first-order valence-corrected chi connectivity index (χ1v) is 9.73. The summed E-state index contributed by atoms with van der Waals surface area (Å²) in [5.41, 5.74) is 0.496. The van der Waals surface area contributed by atoms with Gasteiger partial charge in [-0.2, -0.15) is 0 Å². The van der Waals surface area contributed by atoms with Crippen molar-refractivity contribution >= 4 is 104 Å². The summed E-state index contributed by atoms with van der Waals surface area (Å²) in [6.07, 6.45) is -0.976. The van der Waals surface area contributed by atoms with E-state index < -0.39 is 46.1 Å². The summed E-state index contributed by atoms with van der Waals surface area (Å²) in [4.78, 5) is 38.0. The summed E-state index contributed by atoms with van der Waals surface area (Å²) in [5, 5.41) is 12.3. The van der Waals surface area contributed by atoms with Crippen molar-refractivity contribution in [3.05, 3.63) is 33.8 Å². The minimum atomic E-state index is -1.06. The second kappa shape index (κ2) is 9.11. The number of nitrogens with one attached hydrogen (secondary N) is 1. The molecule has 2 amide bonds. The number of rotatable bonds is 5. The van der Waals surface area contributed by atoms with Gasteiger partial charge in [-0.3, -0.25) is 9.59 Å². The summed E-state index contributed by atoms with van der Waals surface area (Å²) in [5.74, 6) is -1.98. The van der Waals surface area contributed by atoms with Gasteiger partial charge in [0.25, 0.3) is 5.91 Å². The van der Waals surface area contributed by atoms with Crippen molar-refractivity contribution in [2.75, 3.05) is 7.11 Å². The Morgan fingerprint density at radius 1 is 1.32 bits per heavy atom. The summed E-state index contributed by atoms with van der Waals surface area (Å²) in [7, 11) is 1.37. The molecule has 0 spiro atoms. The Morgan fingerprint density at radius 3 is 2.50 bits per heavy atom. The molecule has 0 bridgehead atoms. The van der Waals surface area contributed by atoms with Gasteiger partial charge in [0.2, 0.25) is 5.91 Å². The number of carbonyl (C=O) groups excluding carboxylic acids is 2. The van der Waals surface area contributed by atoms with E-state index in [0.717, 1.165) is 0 Å². The number of aliphatic carboxylic acids is 1. The Bertz CT molecular complexity index is 825. The summed E-state index contributed by atoms with van der Waals surface area (Å²) < 4.78 is 4.61. The summed E-state index contributed by atoms with van der Waals surface area (Å²) in [6, 6.07) is 2.97. The molecule has 2 heterocycles. The van der Waals surface area contributed by atoms with E-state index in [1.807, 2.05) is 0 Å². The number of carboxylic acids is 1. The number of benzene rings is 1. The minimum absolute atomic E-state index is 0. The van der Waals surface area contributed by atoms with Crippen LogP contribution in [0.15, 0.2) is 18.2 Å². The van der Waals surface area contributed by atoms with Crippen LogP contribution in [-0.4, -0.2) is 108 Å². The normalized spacial score (nSPS) is 26.0. The van der Waals surface area contributed by atoms with Gasteiger partial charge < -0.3 is 20.1 Å².